The Labute approximate surface area is 68.6 Å². The maximum atomic E-state index is 11.1. The van der Waals surface area contributed by atoms with Crippen molar-refractivity contribution in [1.82, 2.24) is 0 Å². The fraction of sp³-hybridized carbons (Fsp3) is 0.714. The summed E-state index contributed by atoms with van der Waals surface area (Å²) < 4.78 is 20.5. The molecule has 0 saturated heterocycles. The molecule has 64 valence electrons. The van der Waals surface area contributed by atoms with Crippen LogP contribution in [0, 0.1) is 13.8 Å². The highest BCUT2D eigenvalue weighted by Crippen LogP contribution is 2.47. The second kappa shape index (κ2) is 4.70. The van der Waals surface area contributed by atoms with Crippen LogP contribution in [-0.4, -0.2) is 6.10 Å². The van der Waals surface area contributed by atoms with Crippen LogP contribution in [0.1, 0.15) is 26.7 Å². The molecule has 3 nitrogen and oxygen atoms in total. The van der Waals surface area contributed by atoms with Crippen molar-refractivity contribution in [2.75, 3.05) is 0 Å². The first kappa shape index (κ1) is 10.9. The largest absolute Gasteiger partial charge is 0.549 e. The van der Waals surface area contributed by atoms with Gasteiger partial charge in [0.05, 0.1) is 6.10 Å². The predicted molar refractivity (Wildman–Crippen MR) is 44.9 cm³/mol. The smallest absolute Gasteiger partial charge is 0.267 e. The molecule has 0 bridgehead atoms. The standard InChI is InChI=1S/C7H15O3P/c1-5-7(6-2)10-11(4,8)9-3/h7H,3-6H2,1-2H3/q+2. The Balaban J connectivity index is 3.90. The molecule has 0 N–H and O–H groups in total. The Kier molecular flexibility index (Phi) is 4.66. The van der Waals surface area contributed by atoms with Gasteiger partial charge in [-0.05, 0) is 12.8 Å². The van der Waals surface area contributed by atoms with Gasteiger partial charge in [0.1, 0.15) is 0 Å². The van der Waals surface area contributed by atoms with Crippen LogP contribution in [-0.2, 0) is 13.6 Å². The van der Waals surface area contributed by atoms with Crippen LogP contribution in [0.2, 0.25) is 0 Å². The van der Waals surface area contributed by atoms with E-state index in [4.69, 9.17) is 4.52 Å². The maximum absolute atomic E-state index is 11.1. The molecule has 4 heteroatoms. The van der Waals surface area contributed by atoms with E-state index in [-0.39, 0.29) is 6.10 Å². The first-order chi connectivity index (χ1) is 5.05. The third-order valence-corrected chi connectivity index (χ3v) is 2.43. The van der Waals surface area contributed by atoms with Gasteiger partial charge in [-0.1, -0.05) is 18.4 Å². The lowest BCUT2D eigenvalue weighted by atomic mass is 10.2. The second-order valence-electron chi connectivity index (χ2n) is 2.28. The van der Waals surface area contributed by atoms with Crippen molar-refractivity contribution < 1.29 is 13.6 Å². The number of hydrogen-bond acceptors (Lipinski definition) is 3. The summed E-state index contributed by atoms with van der Waals surface area (Å²) in [5.41, 5.74) is 0. The average molecular weight is 178 g/mol. The number of rotatable bonds is 5. The molecule has 1 unspecified atom stereocenters. The predicted octanol–water partition coefficient (Wildman–Crippen LogP) is 2.98. The molecule has 0 radical (unpaired) electrons. The summed E-state index contributed by atoms with van der Waals surface area (Å²) in [6, 6.07) is 0. The Morgan fingerprint density at radius 2 is 1.91 bits per heavy atom. The highest BCUT2D eigenvalue weighted by atomic mass is 31.2. The van der Waals surface area contributed by atoms with E-state index >= 15 is 0 Å². The first-order valence-corrected chi connectivity index (χ1v) is 5.35. The van der Waals surface area contributed by atoms with E-state index in [0.717, 1.165) is 12.8 Å². The second-order valence-corrected chi connectivity index (χ2v) is 3.97. The van der Waals surface area contributed by atoms with Crippen LogP contribution in [0.4, 0.5) is 0 Å². The lowest BCUT2D eigenvalue weighted by molar-refractivity contribution is 0.165. The van der Waals surface area contributed by atoms with Crippen molar-refractivity contribution in [2.24, 2.45) is 0 Å². The molecule has 0 aromatic rings. The van der Waals surface area contributed by atoms with Gasteiger partial charge in [0, 0.05) is 0 Å². The highest BCUT2D eigenvalue weighted by Gasteiger charge is 2.32. The lowest BCUT2D eigenvalue weighted by Crippen LogP contribution is -2.07. The molecule has 0 rings (SSSR count). The molecule has 0 aliphatic carbocycles. The van der Waals surface area contributed by atoms with Crippen molar-refractivity contribution in [1.29, 1.82) is 0 Å². The molecule has 1 atom stereocenters. The first-order valence-electron chi connectivity index (χ1n) is 3.62. The van der Waals surface area contributed by atoms with E-state index < -0.39 is 7.60 Å². The van der Waals surface area contributed by atoms with Crippen molar-refractivity contribution in [3.05, 3.63) is 13.8 Å². The molecule has 0 aromatic carbocycles. The summed E-state index contributed by atoms with van der Waals surface area (Å²) in [7, 11) is -0.0953. The van der Waals surface area contributed by atoms with Gasteiger partial charge in [-0.2, -0.15) is 0 Å². The topological polar surface area (TPSA) is 35.5 Å². The van der Waals surface area contributed by atoms with E-state index in [1.165, 1.54) is 0 Å². The van der Waals surface area contributed by atoms with E-state index in [2.05, 4.69) is 18.3 Å². The highest BCUT2D eigenvalue weighted by molar-refractivity contribution is 7.55. The molecular formula is C7H15O3P+2. The zero-order valence-electron chi connectivity index (χ0n) is 7.08. The summed E-state index contributed by atoms with van der Waals surface area (Å²) in [6.07, 6.45) is 1.57. The molecule has 0 aliphatic rings. The minimum Gasteiger partial charge on any atom is -0.267 e. The van der Waals surface area contributed by atoms with Gasteiger partial charge in [-0.3, -0.25) is 4.52 Å². The monoisotopic (exact) mass is 178 g/mol. The van der Waals surface area contributed by atoms with Crippen molar-refractivity contribution in [3.63, 3.8) is 0 Å². The van der Waals surface area contributed by atoms with Crippen LogP contribution in [0.15, 0.2) is 0 Å². The summed E-state index contributed by atoms with van der Waals surface area (Å²) in [5.74, 6) is 0. The third kappa shape index (κ3) is 4.35. The van der Waals surface area contributed by atoms with Crippen LogP contribution in [0.3, 0.4) is 0 Å². The van der Waals surface area contributed by atoms with Gasteiger partial charge in [0.25, 0.3) is 0 Å². The van der Waals surface area contributed by atoms with E-state index in [9.17, 15) is 4.57 Å². The lowest BCUT2D eigenvalue weighted by Gasteiger charge is -2.11. The quantitative estimate of drug-likeness (QED) is 0.479. The zero-order valence-corrected chi connectivity index (χ0v) is 7.97. The van der Waals surface area contributed by atoms with Crippen LogP contribution < -0.4 is 0 Å². The molecule has 0 spiro atoms. The Hall–Kier alpha value is -0.110. The summed E-state index contributed by atoms with van der Waals surface area (Å²) in [5, 5.41) is 0. The fourth-order valence-electron chi connectivity index (χ4n) is 0.695. The summed E-state index contributed by atoms with van der Waals surface area (Å²) in [4.78, 5) is 0. The number of hydrogen-bond donors (Lipinski definition) is 0. The van der Waals surface area contributed by atoms with Gasteiger partial charge in [0.15, 0.2) is 6.66 Å². The minimum atomic E-state index is -3.12. The van der Waals surface area contributed by atoms with E-state index in [1.54, 1.807) is 0 Å². The van der Waals surface area contributed by atoms with Crippen molar-refractivity contribution in [3.8, 4) is 0 Å². The summed E-state index contributed by atoms with van der Waals surface area (Å²) >= 11 is 0. The Morgan fingerprint density at radius 1 is 1.45 bits per heavy atom. The molecule has 0 fully saturated rings. The van der Waals surface area contributed by atoms with Gasteiger partial charge in [0.2, 0.25) is 7.11 Å². The third-order valence-electron chi connectivity index (χ3n) is 1.42. The van der Waals surface area contributed by atoms with Gasteiger partial charge in [-0.15, -0.1) is 0 Å². The minimum absolute atomic E-state index is 0.0416. The molecule has 11 heavy (non-hydrogen) atoms. The molecule has 0 saturated carbocycles. The van der Waals surface area contributed by atoms with Crippen LogP contribution in [0.5, 0.6) is 0 Å². The fourth-order valence-corrected chi connectivity index (χ4v) is 1.51. The normalized spacial score (nSPS) is 16.6. The SMILES string of the molecule is [CH2+]OP([CH2+])(=O)OC(CC)CC. The molecular weight excluding hydrogens is 163 g/mol. The van der Waals surface area contributed by atoms with Crippen LogP contribution >= 0.6 is 7.60 Å². The van der Waals surface area contributed by atoms with Gasteiger partial charge >= 0.3 is 7.60 Å². The van der Waals surface area contributed by atoms with Crippen molar-refractivity contribution in [2.45, 2.75) is 32.8 Å². The Bertz CT molecular complexity index is 143. The van der Waals surface area contributed by atoms with Crippen molar-refractivity contribution >= 4 is 7.60 Å². The Morgan fingerprint density at radius 3 is 2.18 bits per heavy atom. The van der Waals surface area contributed by atoms with E-state index in [1.807, 2.05) is 13.8 Å². The average Bonchev–Trinajstić information content (AvgIpc) is 2.00. The molecule has 0 aromatic heterocycles. The zero-order chi connectivity index (χ0) is 8.91. The van der Waals surface area contributed by atoms with Gasteiger partial charge < -0.3 is 0 Å². The van der Waals surface area contributed by atoms with Gasteiger partial charge in [-0.25, -0.2) is 4.57 Å². The van der Waals surface area contributed by atoms with E-state index in [0.29, 0.717) is 0 Å². The molecule has 0 heterocycles. The molecule has 0 aliphatic heterocycles. The summed E-state index contributed by atoms with van der Waals surface area (Å²) in [6.45, 7) is 7.18. The maximum Gasteiger partial charge on any atom is 0.549 e. The van der Waals surface area contributed by atoms with Crippen LogP contribution in [0.25, 0.3) is 0 Å². The molecule has 0 amide bonds.